The molecule has 2 N–H and O–H groups in total. The third kappa shape index (κ3) is 2.41. The molecular weight excluding hydrogens is 228 g/mol. The molecule has 1 aliphatic carbocycles. The number of hydrogen-bond donors (Lipinski definition) is 1. The highest BCUT2D eigenvalue weighted by atomic mass is 16.7. The molecule has 18 heavy (non-hydrogen) atoms. The van der Waals surface area contributed by atoms with Crippen molar-refractivity contribution in [3.8, 4) is 0 Å². The molecule has 2 aliphatic rings. The summed E-state index contributed by atoms with van der Waals surface area (Å²) in [5.41, 5.74) is 8.89. The molecule has 1 saturated heterocycles. The van der Waals surface area contributed by atoms with Crippen LogP contribution in [0.15, 0.2) is 18.3 Å². The molecular formula is C14H20N2O2. The summed E-state index contributed by atoms with van der Waals surface area (Å²) < 4.78 is 11.0. The lowest BCUT2D eigenvalue weighted by Crippen LogP contribution is -2.35. The molecule has 0 bridgehead atoms. The minimum atomic E-state index is -0.117. The molecule has 0 aromatic carbocycles. The van der Waals surface area contributed by atoms with E-state index in [-0.39, 0.29) is 12.3 Å². The Morgan fingerprint density at radius 3 is 3.06 bits per heavy atom. The lowest BCUT2D eigenvalue weighted by atomic mass is 9.81. The molecule has 3 rings (SSSR count). The number of rotatable bonds is 3. The van der Waals surface area contributed by atoms with Gasteiger partial charge in [-0.25, -0.2) is 0 Å². The zero-order chi connectivity index (χ0) is 12.4. The van der Waals surface area contributed by atoms with E-state index in [2.05, 4.69) is 11.1 Å². The topological polar surface area (TPSA) is 57.4 Å². The minimum Gasteiger partial charge on any atom is -0.350 e. The van der Waals surface area contributed by atoms with E-state index in [1.807, 2.05) is 12.3 Å². The minimum absolute atomic E-state index is 0.0713. The number of ether oxygens (including phenoxy) is 2. The highest BCUT2D eigenvalue weighted by Gasteiger charge is 2.30. The molecule has 4 heteroatoms. The lowest BCUT2D eigenvalue weighted by Gasteiger charge is -2.30. The largest absolute Gasteiger partial charge is 0.350 e. The fraction of sp³-hybridized carbons (Fsp3) is 0.643. The van der Waals surface area contributed by atoms with E-state index in [9.17, 15) is 0 Å². The summed E-state index contributed by atoms with van der Waals surface area (Å²) in [6.45, 7) is 1.38. The number of aromatic nitrogens is 1. The number of aryl methyl sites for hydroxylation is 1. The summed E-state index contributed by atoms with van der Waals surface area (Å²) >= 11 is 0. The number of pyridine rings is 1. The van der Waals surface area contributed by atoms with E-state index in [0.29, 0.717) is 19.1 Å². The second-order valence-electron chi connectivity index (χ2n) is 5.12. The van der Waals surface area contributed by atoms with Crippen molar-refractivity contribution >= 4 is 0 Å². The summed E-state index contributed by atoms with van der Waals surface area (Å²) in [7, 11) is 0. The van der Waals surface area contributed by atoms with Crippen LogP contribution in [0.3, 0.4) is 0 Å². The number of hydrogen-bond acceptors (Lipinski definition) is 4. The van der Waals surface area contributed by atoms with Crippen molar-refractivity contribution in [1.82, 2.24) is 4.98 Å². The SMILES string of the molecule is NC(CC1OCCO1)C1CCCc2cccnc21. The van der Waals surface area contributed by atoms with Gasteiger partial charge < -0.3 is 15.2 Å². The predicted molar refractivity (Wildman–Crippen MR) is 68.2 cm³/mol. The van der Waals surface area contributed by atoms with E-state index in [4.69, 9.17) is 15.2 Å². The zero-order valence-corrected chi connectivity index (χ0v) is 10.5. The van der Waals surface area contributed by atoms with Gasteiger partial charge >= 0.3 is 0 Å². The highest BCUT2D eigenvalue weighted by molar-refractivity contribution is 5.27. The maximum Gasteiger partial charge on any atom is 0.159 e. The lowest BCUT2D eigenvalue weighted by molar-refractivity contribution is -0.0522. The van der Waals surface area contributed by atoms with Gasteiger partial charge in [0.15, 0.2) is 6.29 Å². The first kappa shape index (κ1) is 12.1. The van der Waals surface area contributed by atoms with Crippen LogP contribution in [0.25, 0.3) is 0 Å². The first-order chi connectivity index (χ1) is 8.84. The Hall–Kier alpha value is -0.970. The third-order valence-electron chi connectivity index (χ3n) is 3.91. The Morgan fingerprint density at radius 2 is 2.22 bits per heavy atom. The Morgan fingerprint density at radius 1 is 1.39 bits per heavy atom. The van der Waals surface area contributed by atoms with Gasteiger partial charge in [-0.2, -0.15) is 0 Å². The molecule has 2 atom stereocenters. The summed E-state index contributed by atoms with van der Waals surface area (Å²) in [5.74, 6) is 0.350. The summed E-state index contributed by atoms with van der Waals surface area (Å²) in [6, 6.07) is 4.25. The van der Waals surface area contributed by atoms with Crippen molar-refractivity contribution < 1.29 is 9.47 Å². The molecule has 2 unspecified atom stereocenters. The first-order valence-electron chi connectivity index (χ1n) is 6.77. The molecule has 0 spiro atoms. The van der Waals surface area contributed by atoms with Crippen molar-refractivity contribution in [2.45, 2.75) is 43.9 Å². The summed E-state index contributed by atoms with van der Waals surface area (Å²) in [6.07, 6.45) is 5.96. The smallest absolute Gasteiger partial charge is 0.159 e. The number of nitrogens with zero attached hydrogens (tertiary/aromatic N) is 1. The molecule has 4 nitrogen and oxygen atoms in total. The molecule has 1 aromatic rings. The molecule has 0 radical (unpaired) electrons. The van der Waals surface area contributed by atoms with Gasteiger partial charge in [-0.3, -0.25) is 4.98 Å². The fourth-order valence-corrected chi connectivity index (χ4v) is 2.99. The Bertz CT molecular complexity index is 405. The van der Waals surface area contributed by atoms with Crippen molar-refractivity contribution in [3.63, 3.8) is 0 Å². The monoisotopic (exact) mass is 248 g/mol. The van der Waals surface area contributed by atoms with Gasteiger partial charge in [-0.05, 0) is 30.9 Å². The molecule has 1 aliphatic heterocycles. The molecule has 2 heterocycles. The van der Waals surface area contributed by atoms with Gasteiger partial charge in [0.1, 0.15) is 0 Å². The van der Waals surface area contributed by atoms with Crippen LogP contribution >= 0.6 is 0 Å². The number of nitrogens with two attached hydrogens (primary N) is 1. The van der Waals surface area contributed by atoms with Gasteiger partial charge in [-0.15, -0.1) is 0 Å². The van der Waals surface area contributed by atoms with Gasteiger partial charge in [-0.1, -0.05) is 6.07 Å². The van der Waals surface area contributed by atoms with Gasteiger partial charge in [0.05, 0.1) is 13.2 Å². The second-order valence-corrected chi connectivity index (χ2v) is 5.12. The van der Waals surface area contributed by atoms with E-state index < -0.39 is 0 Å². The Kier molecular flexibility index (Phi) is 3.59. The van der Waals surface area contributed by atoms with Crippen molar-refractivity contribution in [1.29, 1.82) is 0 Å². The standard InChI is InChI=1S/C14H20N2O2/c15-12(9-13-17-7-8-18-13)11-5-1-3-10-4-2-6-16-14(10)11/h2,4,6,11-13H,1,3,5,7-9,15H2. The molecule has 1 aromatic heterocycles. The molecule has 98 valence electrons. The average molecular weight is 248 g/mol. The molecule has 0 saturated carbocycles. The van der Waals surface area contributed by atoms with E-state index in [1.54, 1.807) is 0 Å². The third-order valence-corrected chi connectivity index (χ3v) is 3.91. The normalized spacial score (nSPS) is 25.9. The summed E-state index contributed by atoms with van der Waals surface area (Å²) in [5, 5.41) is 0. The highest BCUT2D eigenvalue weighted by Crippen LogP contribution is 2.33. The maximum absolute atomic E-state index is 6.34. The average Bonchev–Trinajstić information content (AvgIpc) is 2.91. The van der Waals surface area contributed by atoms with Crippen LogP contribution in [-0.4, -0.2) is 30.5 Å². The number of fused-ring (bicyclic) bond motifs is 1. The maximum atomic E-state index is 6.34. The van der Waals surface area contributed by atoms with Crippen molar-refractivity contribution in [3.05, 3.63) is 29.6 Å². The molecule has 1 fully saturated rings. The van der Waals surface area contributed by atoms with Crippen LogP contribution in [0.1, 0.15) is 36.4 Å². The van der Waals surface area contributed by atoms with E-state index in [0.717, 1.165) is 19.3 Å². The first-order valence-corrected chi connectivity index (χ1v) is 6.77. The van der Waals surface area contributed by atoms with Crippen LogP contribution in [0.5, 0.6) is 0 Å². The van der Waals surface area contributed by atoms with Crippen LogP contribution < -0.4 is 5.73 Å². The van der Waals surface area contributed by atoms with Gasteiger partial charge in [0.25, 0.3) is 0 Å². The van der Waals surface area contributed by atoms with Crippen LogP contribution in [0, 0.1) is 0 Å². The van der Waals surface area contributed by atoms with Crippen molar-refractivity contribution in [2.24, 2.45) is 5.73 Å². The van der Waals surface area contributed by atoms with E-state index >= 15 is 0 Å². The van der Waals surface area contributed by atoms with Gasteiger partial charge in [0.2, 0.25) is 0 Å². The van der Waals surface area contributed by atoms with Crippen LogP contribution in [-0.2, 0) is 15.9 Å². The fourth-order valence-electron chi connectivity index (χ4n) is 2.99. The molecule has 0 amide bonds. The predicted octanol–water partition coefficient (Wildman–Crippen LogP) is 1.59. The van der Waals surface area contributed by atoms with Gasteiger partial charge in [0, 0.05) is 30.3 Å². The van der Waals surface area contributed by atoms with Crippen LogP contribution in [0.4, 0.5) is 0 Å². The van der Waals surface area contributed by atoms with E-state index in [1.165, 1.54) is 17.7 Å². The van der Waals surface area contributed by atoms with Crippen molar-refractivity contribution in [2.75, 3.05) is 13.2 Å². The zero-order valence-electron chi connectivity index (χ0n) is 10.5. The Labute approximate surface area is 107 Å². The Balaban J connectivity index is 1.72. The second kappa shape index (κ2) is 5.34. The quantitative estimate of drug-likeness (QED) is 0.882. The van der Waals surface area contributed by atoms with Crippen LogP contribution in [0.2, 0.25) is 0 Å². The summed E-state index contributed by atoms with van der Waals surface area (Å²) in [4.78, 5) is 4.53.